The van der Waals surface area contributed by atoms with E-state index < -0.39 is 0 Å². The van der Waals surface area contributed by atoms with E-state index >= 15 is 0 Å². The average molecular weight is 341 g/mol. The highest BCUT2D eigenvalue weighted by Crippen LogP contribution is 2.29. The summed E-state index contributed by atoms with van der Waals surface area (Å²) in [5.41, 5.74) is 2.17. The Morgan fingerprint density at radius 1 is 1.16 bits per heavy atom. The van der Waals surface area contributed by atoms with Gasteiger partial charge < -0.3 is 15.5 Å². The number of anilines is 2. The van der Waals surface area contributed by atoms with E-state index in [0.717, 1.165) is 24.3 Å². The number of hydrogen-bond acceptors (Lipinski definition) is 5. The Bertz CT molecular complexity index is 722. The molecule has 2 N–H and O–H groups in total. The van der Waals surface area contributed by atoms with Gasteiger partial charge >= 0.3 is 0 Å². The Kier molecular flexibility index (Phi) is 6.09. The summed E-state index contributed by atoms with van der Waals surface area (Å²) >= 11 is 0. The Labute approximate surface area is 149 Å². The largest absolute Gasteiger partial charge is 0.369 e. The number of carbonyl (C=O) groups is 1. The lowest BCUT2D eigenvalue weighted by molar-refractivity contribution is 0.102. The van der Waals surface area contributed by atoms with Crippen LogP contribution >= 0.6 is 0 Å². The molecule has 2 aromatic rings. The Balaban J connectivity index is 2.12. The second-order valence-corrected chi connectivity index (χ2v) is 7.27. The molecule has 0 bridgehead atoms. The number of para-hydroxylation sites is 1. The highest BCUT2D eigenvalue weighted by molar-refractivity contribution is 6.03. The number of aromatic nitrogens is 2. The van der Waals surface area contributed by atoms with E-state index in [1.54, 1.807) is 6.07 Å². The minimum atomic E-state index is -0.241. The summed E-state index contributed by atoms with van der Waals surface area (Å²) < 4.78 is 0. The molecule has 6 nitrogen and oxygen atoms in total. The molecule has 1 amide bonds. The smallest absolute Gasteiger partial charge is 0.274 e. The third-order valence-corrected chi connectivity index (χ3v) is 3.75. The summed E-state index contributed by atoms with van der Waals surface area (Å²) in [5.74, 6) is 0.404. The molecule has 0 saturated heterocycles. The van der Waals surface area contributed by atoms with Crippen molar-refractivity contribution >= 4 is 17.4 Å². The summed E-state index contributed by atoms with van der Waals surface area (Å²) in [6.45, 7) is 7.99. The Hall–Kier alpha value is -2.47. The first-order valence-corrected chi connectivity index (χ1v) is 8.39. The number of carbonyl (C=O) groups excluding carboxylic acids is 1. The van der Waals surface area contributed by atoms with Gasteiger partial charge in [-0.3, -0.25) is 4.79 Å². The van der Waals surface area contributed by atoms with Gasteiger partial charge in [0.25, 0.3) is 5.91 Å². The summed E-state index contributed by atoms with van der Waals surface area (Å²) in [6.07, 6.45) is 1.41. The third-order valence-electron chi connectivity index (χ3n) is 3.75. The van der Waals surface area contributed by atoms with Crippen molar-refractivity contribution in [3.63, 3.8) is 0 Å². The maximum Gasteiger partial charge on any atom is 0.274 e. The van der Waals surface area contributed by atoms with E-state index in [1.165, 1.54) is 6.33 Å². The highest BCUT2D eigenvalue weighted by Gasteiger charge is 2.19. The van der Waals surface area contributed by atoms with Gasteiger partial charge in [-0.2, -0.15) is 0 Å². The van der Waals surface area contributed by atoms with Crippen molar-refractivity contribution in [1.29, 1.82) is 0 Å². The van der Waals surface area contributed by atoms with Crippen LogP contribution in [-0.2, 0) is 5.41 Å². The SMILES string of the molecule is CN(C)CCNc1cc(C(=O)Nc2ccccc2C(C)(C)C)ncn1. The second-order valence-electron chi connectivity index (χ2n) is 7.27. The van der Waals surface area contributed by atoms with E-state index in [9.17, 15) is 4.79 Å². The molecule has 0 aliphatic heterocycles. The van der Waals surface area contributed by atoms with Gasteiger partial charge in [0.1, 0.15) is 17.8 Å². The van der Waals surface area contributed by atoms with Crippen LogP contribution in [0.15, 0.2) is 36.7 Å². The molecular weight excluding hydrogens is 314 g/mol. The average Bonchev–Trinajstić information content (AvgIpc) is 2.54. The second kappa shape index (κ2) is 8.07. The lowest BCUT2D eigenvalue weighted by atomic mass is 9.86. The van der Waals surface area contributed by atoms with Crippen LogP contribution in [0.3, 0.4) is 0 Å². The van der Waals surface area contributed by atoms with Gasteiger partial charge in [-0.1, -0.05) is 39.0 Å². The van der Waals surface area contributed by atoms with E-state index in [4.69, 9.17) is 0 Å². The van der Waals surface area contributed by atoms with Crippen LogP contribution in [0.4, 0.5) is 11.5 Å². The lowest BCUT2D eigenvalue weighted by Gasteiger charge is -2.22. The molecule has 0 saturated carbocycles. The lowest BCUT2D eigenvalue weighted by Crippen LogP contribution is -2.22. The number of likely N-dealkylation sites (N-methyl/N-ethyl adjacent to an activating group) is 1. The highest BCUT2D eigenvalue weighted by atomic mass is 16.1. The molecule has 1 aromatic heterocycles. The fraction of sp³-hybridized carbons (Fsp3) is 0.421. The van der Waals surface area contributed by atoms with Crippen molar-refractivity contribution in [1.82, 2.24) is 14.9 Å². The van der Waals surface area contributed by atoms with Crippen molar-refractivity contribution in [2.75, 3.05) is 37.8 Å². The molecule has 0 aliphatic rings. The van der Waals surface area contributed by atoms with Crippen molar-refractivity contribution in [3.05, 3.63) is 47.9 Å². The zero-order valence-corrected chi connectivity index (χ0v) is 15.6. The van der Waals surface area contributed by atoms with E-state index in [2.05, 4.69) is 46.3 Å². The molecule has 1 aromatic carbocycles. The number of amides is 1. The van der Waals surface area contributed by atoms with Gasteiger partial charge in [-0.25, -0.2) is 9.97 Å². The van der Waals surface area contributed by atoms with Crippen LogP contribution in [-0.4, -0.2) is 48.0 Å². The molecule has 1 heterocycles. The van der Waals surface area contributed by atoms with Crippen LogP contribution in [0, 0.1) is 0 Å². The zero-order valence-electron chi connectivity index (χ0n) is 15.6. The minimum Gasteiger partial charge on any atom is -0.369 e. The number of hydrogen-bond donors (Lipinski definition) is 2. The van der Waals surface area contributed by atoms with Crippen molar-refractivity contribution in [2.45, 2.75) is 26.2 Å². The van der Waals surface area contributed by atoms with Gasteiger partial charge in [0.15, 0.2) is 0 Å². The van der Waals surface area contributed by atoms with Crippen LogP contribution in [0.1, 0.15) is 36.8 Å². The summed E-state index contributed by atoms with van der Waals surface area (Å²) in [5, 5.41) is 6.17. The fourth-order valence-corrected chi connectivity index (χ4v) is 2.42. The number of nitrogens with one attached hydrogen (secondary N) is 2. The minimum absolute atomic E-state index is 0.0611. The van der Waals surface area contributed by atoms with Gasteiger partial charge in [0, 0.05) is 24.8 Å². The Morgan fingerprint density at radius 3 is 2.56 bits per heavy atom. The molecular formula is C19H27N5O. The quantitative estimate of drug-likeness (QED) is 0.845. The summed E-state index contributed by atoms with van der Waals surface area (Å²) in [6, 6.07) is 9.51. The van der Waals surface area contributed by atoms with E-state index in [1.807, 2.05) is 38.4 Å². The first-order chi connectivity index (χ1) is 11.8. The number of rotatable bonds is 6. The van der Waals surface area contributed by atoms with Crippen molar-refractivity contribution in [2.24, 2.45) is 0 Å². The summed E-state index contributed by atoms with van der Waals surface area (Å²) in [7, 11) is 4.01. The van der Waals surface area contributed by atoms with Crippen LogP contribution in [0.2, 0.25) is 0 Å². The maximum absolute atomic E-state index is 12.6. The third kappa shape index (κ3) is 5.53. The van der Waals surface area contributed by atoms with Gasteiger partial charge in [0.2, 0.25) is 0 Å². The molecule has 134 valence electrons. The predicted octanol–water partition coefficient (Wildman–Crippen LogP) is 3.00. The van der Waals surface area contributed by atoms with Crippen molar-refractivity contribution in [3.8, 4) is 0 Å². The van der Waals surface area contributed by atoms with Crippen LogP contribution in [0.5, 0.6) is 0 Å². The maximum atomic E-state index is 12.6. The van der Waals surface area contributed by atoms with E-state index in [0.29, 0.717) is 11.5 Å². The molecule has 0 radical (unpaired) electrons. The molecule has 6 heteroatoms. The fourth-order valence-electron chi connectivity index (χ4n) is 2.42. The standard InChI is InChI=1S/C19H27N5O/c1-19(2,3)14-8-6-7-9-15(14)23-18(25)16-12-17(22-13-21-16)20-10-11-24(4)5/h6-9,12-13H,10-11H2,1-5H3,(H,23,25)(H,20,21,22). The van der Waals surface area contributed by atoms with Gasteiger partial charge in [-0.05, 0) is 31.1 Å². The summed E-state index contributed by atoms with van der Waals surface area (Å²) in [4.78, 5) is 22.9. The van der Waals surface area contributed by atoms with Crippen molar-refractivity contribution < 1.29 is 4.79 Å². The molecule has 25 heavy (non-hydrogen) atoms. The normalized spacial score (nSPS) is 11.4. The van der Waals surface area contributed by atoms with E-state index in [-0.39, 0.29) is 11.3 Å². The van der Waals surface area contributed by atoms with Gasteiger partial charge in [0.05, 0.1) is 0 Å². The van der Waals surface area contributed by atoms with Crippen LogP contribution in [0.25, 0.3) is 0 Å². The molecule has 0 aliphatic carbocycles. The zero-order chi connectivity index (χ0) is 18.4. The Morgan fingerprint density at radius 2 is 1.88 bits per heavy atom. The molecule has 0 unspecified atom stereocenters. The molecule has 0 atom stereocenters. The monoisotopic (exact) mass is 341 g/mol. The predicted molar refractivity (Wildman–Crippen MR) is 102 cm³/mol. The first kappa shape index (κ1) is 18.9. The number of nitrogens with zero attached hydrogens (tertiary/aromatic N) is 3. The molecule has 0 spiro atoms. The number of benzene rings is 1. The van der Waals surface area contributed by atoms with Crippen LogP contribution < -0.4 is 10.6 Å². The molecule has 0 fully saturated rings. The topological polar surface area (TPSA) is 70.2 Å². The molecule has 2 rings (SSSR count). The first-order valence-electron chi connectivity index (χ1n) is 8.39. The van der Waals surface area contributed by atoms with Gasteiger partial charge in [-0.15, -0.1) is 0 Å².